The number of nitrogens with one attached hydrogen (secondary N) is 1. The van der Waals surface area contributed by atoms with Crippen molar-refractivity contribution in [1.29, 1.82) is 0 Å². The number of carboxylic acid groups (broad SMARTS) is 1. The number of aryl methyl sites for hydroxylation is 1. The van der Waals surface area contributed by atoms with Crippen molar-refractivity contribution >= 4 is 23.7 Å². The third-order valence-electron chi connectivity index (χ3n) is 2.67. The number of ether oxygens (including phenoxy) is 1. The second-order valence-corrected chi connectivity index (χ2v) is 4.20. The second kappa shape index (κ2) is 6.55. The highest BCUT2D eigenvalue weighted by Crippen LogP contribution is 2.17. The minimum atomic E-state index is -1.08. The van der Waals surface area contributed by atoms with Crippen LogP contribution in [0.5, 0.6) is 0 Å². The van der Waals surface area contributed by atoms with Crippen LogP contribution in [0, 0.1) is 6.92 Å². The number of carbonyl (C=O) groups is 3. The van der Waals surface area contributed by atoms with E-state index in [9.17, 15) is 14.4 Å². The van der Waals surface area contributed by atoms with Gasteiger partial charge in [-0.25, -0.2) is 9.59 Å². The Hall–Kier alpha value is -2.57. The van der Waals surface area contributed by atoms with E-state index < -0.39 is 18.0 Å². The highest BCUT2D eigenvalue weighted by atomic mass is 16.5. The summed E-state index contributed by atoms with van der Waals surface area (Å²) in [5, 5.41) is 11.5. The Kier molecular flexibility index (Phi) is 5.08. The maximum atomic E-state index is 11.9. The van der Waals surface area contributed by atoms with Crippen LogP contribution < -0.4 is 5.32 Å². The lowest BCUT2D eigenvalue weighted by Crippen LogP contribution is -2.36. The van der Waals surface area contributed by atoms with Gasteiger partial charge in [0.15, 0.2) is 0 Å². The standard InChI is InChI=1S/C13H16N2O5/c1-8-4-5-9(12(17)18)6-10(8)14-13(19)15(2)7-11(16)20-3/h4-6H,7H2,1-3H3,(H,14,19)(H,17,18). The number of hydrogen-bond donors (Lipinski definition) is 2. The monoisotopic (exact) mass is 280 g/mol. The molecule has 0 saturated heterocycles. The van der Waals surface area contributed by atoms with Crippen molar-refractivity contribution in [2.24, 2.45) is 0 Å². The summed E-state index contributed by atoms with van der Waals surface area (Å²) in [7, 11) is 2.66. The minimum Gasteiger partial charge on any atom is -0.478 e. The van der Waals surface area contributed by atoms with Crippen LogP contribution in [-0.4, -0.2) is 48.7 Å². The fraction of sp³-hybridized carbons (Fsp3) is 0.308. The van der Waals surface area contributed by atoms with E-state index in [1.165, 1.54) is 26.3 Å². The molecule has 2 amide bonds. The van der Waals surface area contributed by atoms with Gasteiger partial charge in [-0.1, -0.05) is 6.07 Å². The molecule has 0 bridgehead atoms. The number of benzene rings is 1. The number of rotatable bonds is 4. The third-order valence-corrected chi connectivity index (χ3v) is 2.67. The van der Waals surface area contributed by atoms with Crippen LogP contribution in [0.4, 0.5) is 10.5 Å². The molecule has 0 aliphatic carbocycles. The van der Waals surface area contributed by atoms with Crippen LogP contribution in [0.2, 0.25) is 0 Å². The molecule has 108 valence electrons. The lowest BCUT2D eigenvalue weighted by molar-refractivity contribution is -0.140. The van der Waals surface area contributed by atoms with Crippen molar-refractivity contribution < 1.29 is 24.2 Å². The van der Waals surface area contributed by atoms with E-state index in [0.717, 1.165) is 10.5 Å². The number of nitrogens with zero attached hydrogens (tertiary/aromatic N) is 1. The summed E-state index contributed by atoms with van der Waals surface area (Å²) in [5.41, 5.74) is 1.17. The zero-order valence-electron chi connectivity index (χ0n) is 11.5. The number of urea groups is 1. The highest BCUT2D eigenvalue weighted by molar-refractivity contribution is 5.94. The Morgan fingerprint density at radius 1 is 1.35 bits per heavy atom. The number of hydrogen-bond acceptors (Lipinski definition) is 4. The van der Waals surface area contributed by atoms with Crippen molar-refractivity contribution in [2.45, 2.75) is 6.92 Å². The number of aromatic carboxylic acids is 1. The number of carbonyl (C=O) groups excluding carboxylic acids is 2. The Labute approximate surface area is 116 Å². The maximum Gasteiger partial charge on any atom is 0.335 e. The Morgan fingerprint density at radius 2 is 2.00 bits per heavy atom. The second-order valence-electron chi connectivity index (χ2n) is 4.20. The summed E-state index contributed by atoms with van der Waals surface area (Å²) >= 11 is 0. The largest absolute Gasteiger partial charge is 0.478 e. The molecule has 0 aromatic heterocycles. The van der Waals surface area contributed by atoms with Gasteiger partial charge in [0.1, 0.15) is 6.54 Å². The first-order valence-corrected chi connectivity index (χ1v) is 5.78. The van der Waals surface area contributed by atoms with E-state index in [4.69, 9.17) is 5.11 Å². The van der Waals surface area contributed by atoms with Gasteiger partial charge in [0, 0.05) is 12.7 Å². The molecule has 1 rings (SSSR count). The molecule has 0 saturated carbocycles. The summed E-state index contributed by atoms with van der Waals surface area (Å²) < 4.78 is 4.46. The summed E-state index contributed by atoms with van der Waals surface area (Å²) in [6.45, 7) is 1.54. The molecule has 0 fully saturated rings. The average Bonchev–Trinajstić information content (AvgIpc) is 2.40. The number of esters is 1. The van der Waals surface area contributed by atoms with Gasteiger partial charge in [-0.3, -0.25) is 4.79 Å². The van der Waals surface area contributed by atoms with Crippen LogP contribution in [0.25, 0.3) is 0 Å². The molecule has 0 heterocycles. The van der Waals surface area contributed by atoms with E-state index in [1.807, 2.05) is 0 Å². The normalized spacial score (nSPS) is 9.75. The molecular formula is C13H16N2O5. The first-order valence-electron chi connectivity index (χ1n) is 5.78. The number of anilines is 1. The molecule has 0 unspecified atom stereocenters. The first kappa shape index (κ1) is 15.5. The quantitative estimate of drug-likeness (QED) is 0.811. The first-order chi connectivity index (χ1) is 9.35. The zero-order valence-corrected chi connectivity index (χ0v) is 11.5. The van der Waals surface area contributed by atoms with E-state index in [-0.39, 0.29) is 12.1 Å². The topological polar surface area (TPSA) is 95.9 Å². The van der Waals surface area contributed by atoms with Gasteiger partial charge in [0.05, 0.1) is 12.7 Å². The zero-order chi connectivity index (χ0) is 15.3. The minimum absolute atomic E-state index is 0.0709. The Bertz CT molecular complexity index is 542. The highest BCUT2D eigenvalue weighted by Gasteiger charge is 2.15. The predicted octanol–water partition coefficient (Wildman–Crippen LogP) is 1.33. The molecule has 1 aromatic rings. The molecule has 2 N–H and O–H groups in total. The van der Waals surface area contributed by atoms with E-state index in [2.05, 4.69) is 10.1 Å². The number of likely N-dealkylation sites (N-methyl/N-ethyl adjacent to an activating group) is 1. The van der Waals surface area contributed by atoms with Crippen LogP contribution in [0.15, 0.2) is 18.2 Å². The third kappa shape index (κ3) is 3.98. The van der Waals surface area contributed by atoms with Crippen LogP contribution >= 0.6 is 0 Å². The van der Waals surface area contributed by atoms with Gasteiger partial charge >= 0.3 is 18.0 Å². The van der Waals surface area contributed by atoms with Crippen molar-refractivity contribution in [1.82, 2.24) is 4.90 Å². The van der Waals surface area contributed by atoms with Crippen molar-refractivity contribution in [3.63, 3.8) is 0 Å². The van der Waals surface area contributed by atoms with Crippen LogP contribution in [0.3, 0.4) is 0 Å². The average molecular weight is 280 g/mol. The molecule has 1 aromatic carbocycles. The summed E-state index contributed by atoms with van der Waals surface area (Å²) in [6, 6.07) is 3.88. The van der Waals surface area contributed by atoms with E-state index >= 15 is 0 Å². The van der Waals surface area contributed by atoms with Gasteiger partial charge in [-0.05, 0) is 24.6 Å². The van der Waals surface area contributed by atoms with E-state index in [0.29, 0.717) is 5.69 Å². The predicted molar refractivity (Wildman–Crippen MR) is 71.8 cm³/mol. The summed E-state index contributed by atoms with van der Waals surface area (Å²) in [4.78, 5) is 34.9. The fourth-order valence-electron chi connectivity index (χ4n) is 1.43. The van der Waals surface area contributed by atoms with Gasteiger partial charge in [-0.15, -0.1) is 0 Å². The SMILES string of the molecule is COC(=O)CN(C)C(=O)Nc1cc(C(=O)O)ccc1C. The maximum absolute atomic E-state index is 11.9. The van der Waals surface area contributed by atoms with Gasteiger partial charge < -0.3 is 20.1 Å². The van der Waals surface area contributed by atoms with Gasteiger partial charge in [0.25, 0.3) is 0 Å². The fourth-order valence-corrected chi connectivity index (χ4v) is 1.43. The number of amides is 2. The van der Waals surface area contributed by atoms with Crippen molar-refractivity contribution in [3.8, 4) is 0 Å². The molecule has 7 heteroatoms. The molecule has 0 radical (unpaired) electrons. The van der Waals surface area contributed by atoms with Crippen LogP contribution in [-0.2, 0) is 9.53 Å². The number of methoxy groups -OCH3 is 1. The lowest BCUT2D eigenvalue weighted by atomic mass is 10.1. The molecule has 7 nitrogen and oxygen atoms in total. The molecule has 0 aliphatic rings. The molecule has 0 aliphatic heterocycles. The van der Waals surface area contributed by atoms with Crippen LogP contribution in [0.1, 0.15) is 15.9 Å². The lowest BCUT2D eigenvalue weighted by Gasteiger charge is -2.17. The molecule has 0 spiro atoms. The van der Waals surface area contributed by atoms with Gasteiger partial charge in [0.2, 0.25) is 0 Å². The molecule has 20 heavy (non-hydrogen) atoms. The van der Waals surface area contributed by atoms with Crippen molar-refractivity contribution in [3.05, 3.63) is 29.3 Å². The Morgan fingerprint density at radius 3 is 2.55 bits per heavy atom. The van der Waals surface area contributed by atoms with E-state index in [1.54, 1.807) is 13.0 Å². The number of carboxylic acids is 1. The van der Waals surface area contributed by atoms with Gasteiger partial charge in [-0.2, -0.15) is 0 Å². The smallest absolute Gasteiger partial charge is 0.335 e. The molecule has 0 atom stereocenters. The summed E-state index contributed by atoms with van der Waals surface area (Å²) in [6.07, 6.45) is 0. The Balaban J connectivity index is 2.82. The summed E-state index contributed by atoms with van der Waals surface area (Å²) in [5.74, 6) is -1.62. The van der Waals surface area contributed by atoms with Crippen molar-refractivity contribution in [2.75, 3.05) is 26.0 Å². The molecular weight excluding hydrogens is 264 g/mol.